The molecule has 0 unspecified atom stereocenters. The molecule has 2 aromatic rings. The number of aryl methyl sites for hydroxylation is 1. The Labute approximate surface area is 164 Å². The van der Waals surface area contributed by atoms with E-state index in [2.05, 4.69) is 17.2 Å². The highest BCUT2D eigenvalue weighted by Gasteiger charge is 2.24. The molecule has 3 amide bonds. The summed E-state index contributed by atoms with van der Waals surface area (Å²) in [5.41, 5.74) is 2.28. The van der Waals surface area contributed by atoms with E-state index in [1.54, 1.807) is 28.0 Å². The second kappa shape index (κ2) is 8.65. The van der Waals surface area contributed by atoms with E-state index in [0.717, 1.165) is 6.42 Å². The zero-order valence-electron chi connectivity index (χ0n) is 16.1. The minimum atomic E-state index is -0.361. The number of benzene rings is 1. The van der Waals surface area contributed by atoms with E-state index in [-0.39, 0.29) is 29.1 Å². The number of hydrogen-bond donors (Lipinski definition) is 1. The van der Waals surface area contributed by atoms with Gasteiger partial charge in [0.2, 0.25) is 5.91 Å². The fourth-order valence-electron chi connectivity index (χ4n) is 3.09. The predicted molar refractivity (Wildman–Crippen MR) is 106 cm³/mol. The summed E-state index contributed by atoms with van der Waals surface area (Å²) < 4.78 is 0. The third-order valence-electron chi connectivity index (χ3n) is 4.83. The van der Waals surface area contributed by atoms with E-state index in [4.69, 9.17) is 0 Å². The van der Waals surface area contributed by atoms with Crippen LogP contribution < -0.4 is 5.32 Å². The molecule has 0 bridgehead atoms. The van der Waals surface area contributed by atoms with Gasteiger partial charge >= 0.3 is 0 Å². The van der Waals surface area contributed by atoms with Gasteiger partial charge in [0.15, 0.2) is 0 Å². The standard InChI is InChI=1S/C21H24N4O3/c1-3-16-7-9-17(10-8-16)22-20(27)18-5-4-6-19(23-18)21(28)25-13-11-24(12-14-25)15(2)26/h4-10H,3,11-14H2,1-2H3,(H,22,27). The van der Waals surface area contributed by atoms with Crippen LogP contribution in [0.5, 0.6) is 0 Å². The number of piperazine rings is 1. The summed E-state index contributed by atoms with van der Waals surface area (Å²) >= 11 is 0. The minimum Gasteiger partial charge on any atom is -0.339 e. The lowest BCUT2D eigenvalue weighted by molar-refractivity contribution is -0.130. The van der Waals surface area contributed by atoms with Crippen molar-refractivity contribution in [3.05, 3.63) is 59.4 Å². The lowest BCUT2D eigenvalue weighted by Gasteiger charge is -2.34. The van der Waals surface area contributed by atoms with E-state index in [1.807, 2.05) is 24.3 Å². The highest BCUT2D eigenvalue weighted by molar-refractivity contribution is 6.03. The smallest absolute Gasteiger partial charge is 0.274 e. The topological polar surface area (TPSA) is 82.6 Å². The predicted octanol–water partition coefficient (Wildman–Crippen LogP) is 2.20. The van der Waals surface area contributed by atoms with Crippen LogP contribution in [0.1, 0.15) is 40.4 Å². The number of carbonyl (C=O) groups excluding carboxylic acids is 3. The maximum atomic E-state index is 12.7. The molecule has 1 aliphatic heterocycles. The van der Waals surface area contributed by atoms with Crippen molar-refractivity contribution in [2.45, 2.75) is 20.3 Å². The Hall–Kier alpha value is -3.22. The quantitative estimate of drug-likeness (QED) is 0.882. The number of aromatic nitrogens is 1. The number of carbonyl (C=O) groups is 3. The Balaban J connectivity index is 1.66. The molecule has 1 fully saturated rings. The molecule has 7 heteroatoms. The molecule has 0 atom stereocenters. The Morgan fingerprint density at radius 3 is 2.14 bits per heavy atom. The summed E-state index contributed by atoms with van der Waals surface area (Å²) in [6.45, 7) is 5.53. The van der Waals surface area contributed by atoms with Gasteiger partial charge in [0.1, 0.15) is 11.4 Å². The van der Waals surface area contributed by atoms with Crippen LogP contribution in [-0.2, 0) is 11.2 Å². The van der Waals surface area contributed by atoms with Crippen molar-refractivity contribution in [3.63, 3.8) is 0 Å². The van der Waals surface area contributed by atoms with Gasteiger partial charge in [-0.1, -0.05) is 25.1 Å². The molecular formula is C21H24N4O3. The second-order valence-corrected chi connectivity index (χ2v) is 6.71. The maximum absolute atomic E-state index is 12.7. The Morgan fingerprint density at radius 2 is 1.54 bits per heavy atom. The molecule has 28 heavy (non-hydrogen) atoms. The summed E-state index contributed by atoms with van der Waals surface area (Å²) in [7, 11) is 0. The number of nitrogens with one attached hydrogen (secondary N) is 1. The average Bonchev–Trinajstić information content (AvgIpc) is 2.74. The van der Waals surface area contributed by atoms with Crippen LogP contribution >= 0.6 is 0 Å². The fraction of sp³-hybridized carbons (Fsp3) is 0.333. The van der Waals surface area contributed by atoms with Gasteiger partial charge in [0, 0.05) is 38.8 Å². The summed E-state index contributed by atoms with van der Waals surface area (Å²) in [4.78, 5) is 44.2. The maximum Gasteiger partial charge on any atom is 0.274 e. The van der Waals surface area contributed by atoms with E-state index >= 15 is 0 Å². The molecule has 1 N–H and O–H groups in total. The molecule has 1 aromatic carbocycles. The van der Waals surface area contributed by atoms with Gasteiger partial charge in [-0.15, -0.1) is 0 Å². The molecule has 1 aliphatic rings. The van der Waals surface area contributed by atoms with Crippen molar-refractivity contribution in [2.75, 3.05) is 31.5 Å². The van der Waals surface area contributed by atoms with Gasteiger partial charge < -0.3 is 15.1 Å². The summed E-state index contributed by atoms with van der Waals surface area (Å²) in [5, 5.41) is 2.80. The molecule has 3 rings (SSSR count). The Kier molecular flexibility index (Phi) is 6.03. The van der Waals surface area contributed by atoms with E-state index in [0.29, 0.717) is 31.9 Å². The normalized spacial score (nSPS) is 13.9. The third kappa shape index (κ3) is 4.54. The second-order valence-electron chi connectivity index (χ2n) is 6.71. The Bertz CT molecular complexity index is 871. The molecule has 0 saturated carbocycles. The first-order chi connectivity index (χ1) is 13.5. The average molecular weight is 380 g/mol. The zero-order valence-corrected chi connectivity index (χ0v) is 16.1. The van der Waals surface area contributed by atoms with E-state index < -0.39 is 0 Å². The monoisotopic (exact) mass is 380 g/mol. The first-order valence-electron chi connectivity index (χ1n) is 9.40. The molecule has 146 valence electrons. The van der Waals surface area contributed by atoms with Crippen molar-refractivity contribution in [1.29, 1.82) is 0 Å². The van der Waals surface area contributed by atoms with Gasteiger partial charge in [-0.25, -0.2) is 4.98 Å². The number of amides is 3. The van der Waals surface area contributed by atoms with Crippen LogP contribution in [0.3, 0.4) is 0 Å². The number of rotatable bonds is 4. The van der Waals surface area contributed by atoms with Crippen molar-refractivity contribution >= 4 is 23.4 Å². The number of pyridine rings is 1. The number of anilines is 1. The summed E-state index contributed by atoms with van der Waals surface area (Å²) in [6, 6.07) is 12.5. The minimum absolute atomic E-state index is 0.0101. The lowest BCUT2D eigenvalue weighted by Crippen LogP contribution is -2.50. The molecule has 7 nitrogen and oxygen atoms in total. The van der Waals surface area contributed by atoms with Crippen LogP contribution in [0.2, 0.25) is 0 Å². The highest BCUT2D eigenvalue weighted by Crippen LogP contribution is 2.13. The van der Waals surface area contributed by atoms with Crippen LogP contribution in [-0.4, -0.2) is 58.7 Å². The van der Waals surface area contributed by atoms with Gasteiger partial charge in [-0.05, 0) is 36.2 Å². The summed E-state index contributed by atoms with van der Waals surface area (Å²) in [6.07, 6.45) is 0.931. The molecule has 0 aliphatic carbocycles. The summed E-state index contributed by atoms with van der Waals surface area (Å²) in [5.74, 6) is -0.582. The van der Waals surface area contributed by atoms with E-state index in [1.165, 1.54) is 12.5 Å². The molecule has 0 radical (unpaired) electrons. The van der Waals surface area contributed by atoms with Crippen LogP contribution in [0, 0.1) is 0 Å². The van der Waals surface area contributed by atoms with Gasteiger partial charge in [0.25, 0.3) is 11.8 Å². The van der Waals surface area contributed by atoms with Crippen molar-refractivity contribution in [1.82, 2.24) is 14.8 Å². The van der Waals surface area contributed by atoms with Crippen molar-refractivity contribution in [3.8, 4) is 0 Å². The molecule has 1 aromatic heterocycles. The molecule has 1 saturated heterocycles. The van der Waals surface area contributed by atoms with Gasteiger partial charge in [-0.2, -0.15) is 0 Å². The molecule has 0 spiro atoms. The van der Waals surface area contributed by atoms with Crippen molar-refractivity contribution < 1.29 is 14.4 Å². The zero-order chi connectivity index (χ0) is 20.1. The van der Waals surface area contributed by atoms with Crippen LogP contribution in [0.4, 0.5) is 5.69 Å². The van der Waals surface area contributed by atoms with Gasteiger partial charge in [-0.3, -0.25) is 14.4 Å². The van der Waals surface area contributed by atoms with Crippen LogP contribution in [0.15, 0.2) is 42.5 Å². The van der Waals surface area contributed by atoms with E-state index in [9.17, 15) is 14.4 Å². The first-order valence-corrected chi connectivity index (χ1v) is 9.40. The fourth-order valence-corrected chi connectivity index (χ4v) is 3.09. The molecule has 2 heterocycles. The first kappa shape index (κ1) is 19.5. The molecular weight excluding hydrogens is 356 g/mol. The highest BCUT2D eigenvalue weighted by atomic mass is 16.2. The lowest BCUT2D eigenvalue weighted by atomic mass is 10.1. The Morgan fingerprint density at radius 1 is 0.929 bits per heavy atom. The van der Waals surface area contributed by atoms with Gasteiger partial charge in [0.05, 0.1) is 0 Å². The number of hydrogen-bond acceptors (Lipinski definition) is 4. The third-order valence-corrected chi connectivity index (χ3v) is 4.83. The van der Waals surface area contributed by atoms with Crippen molar-refractivity contribution in [2.24, 2.45) is 0 Å². The van der Waals surface area contributed by atoms with Crippen LogP contribution in [0.25, 0.3) is 0 Å². The SMILES string of the molecule is CCc1ccc(NC(=O)c2cccc(C(=O)N3CCN(C(C)=O)CC3)n2)cc1. The largest absolute Gasteiger partial charge is 0.339 e. The number of nitrogens with zero attached hydrogens (tertiary/aromatic N) is 3.